The van der Waals surface area contributed by atoms with Gasteiger partial charge < -0.3 is 29.3 Å². The number of allylic oxidation sites excluding steroid dienone is 2. The topological polar surface area (TPSA) is 97.4 Å². The summed E-state index contributed by atoms with van der Waals surface area (Å²) >= 11 is 0. The minimum atomic E-state index is -0.234. The van der Waals surface area contributed by atoms with E-state index in [1.54, 1.807) is 6.92 Å². The predicted octanol–water partition coefficient (Wildman–Crippen LogP) is 1.28. The maximum Gasteiger partial charge on any atom is 0.116 e. The first-order valence-corrected chi connectivity index (χ1v) is 6.91. The van der Waals surface area contributed by atoms with Gasteiger partial charge in [-0.15, -0.1) is 5.57 Å². The van der Waals surface area contributed by atoms with Gasteiger partial charge in [0.2, 0.25) is 0 Å². The van der Waals surface area contributed by atoms with Crippen LogP contribution in [0.3, 0.4) is 0 Å². The molecule has 1 saturated heterocycles. The Morgan fingerprint density at radius 3 is 1.50 bits per heavy atom. The van der Waals surface area contributed by atoms with Crippen molar-refractivity contribution in [2.75, 3.05) is 13.1 Å². The summed E-state index contributed by atoms with van der Waals surface area (Å²) in [5, 5.41) is 3.22. The molecule has 1 N–H and O–H groups in total. The summed E-state index contributed by atoms with van der Waals surface area (Å²) in [6.07, 6.45) is 7.88. The zero-order valence-electron chi connectivity index (χ0n) is 14.9. The van der Waals surface area contributed by atoms with E-state index >= 15 is 0 Å². The van der Waals surface area contributed by atoms with Gasteiger partial charge in [-0.25, -0.2) is 0 Å². The number of aldehydes is 1. The molecule has 24 heavy (non-hydrogen) atoms. The van der Waals surface area contributed by atoms with Crippen molar-refractivity contribution in [3.63, 3.8) is 0 Å². The van der Waals surface area contributed by atoms with E-state index in [2.05, 4.69) is 5.32 Å². The van der Waals surface area contributed by atoms with Crippen molar-refractivity contribution in [1.29, 1.82) is 0 Å². The molecule has 0 aromatic rings. The fourth-order valence-electron chi connectivity index (χ4n) is 1.06. The number of rotatable bonds is 4. The molecular formula is C16H25NO5Y2-2. The number of carbonyl (C=O) groups excluding carboxylic acids is 5. The summed E-state index contributed by atoms with van der Waals surface area (Å²) < 4.78 is 0. The zero-order valence-corrected chi connectivity index (χ0v) is 20.6. The smallest absolute Gasteiger partial charge is 0.116 e. The van der Waals surface area contributed by atoms with Crippen molar-refractivity contribution >= 4 is 30.4 Å². The summed E-state index contributed by atoms with van der Waals surface area (Å²) in [5.74, 6) is -0.368. The Hall–Kier alpha value is 0.258. The summed E-state index contributed by atoms with van der Waals surface area (Å²) in [7, 11) is 0. The Morgan fingerprint density at radius 1 is 1.04 bits per heavy atom. The SMILES string of the molecule is C/C=C(\[C-]=O)C(C)=O.C1CCNC1.CC(=O)C[C-]=O.CC=O.[Y].[Y]. The van der Waals surface area contributed by atoms with Gasteiger partial charge in [-0.05, 0) is 46.7 Å². The second kappa shape index (κ2) is 31.1. The molecule has 2 radical (unpaired) electrons. The number of carbonyl (C=O) groups is 3. The first-order valence-electron chi connectivity index (χ1n) is 6.91. The average molecular weight is 489 g/mol. The van der Waals surface area contributed by atoms with Crippen molar-refractivity contribution in [3.8, 4) is 0 Å². The Bertz CT molecular complexity index is 360. The van der Waals surface area contributed by atoms with Gasteiger partial charge in [0, 0.05) is 71.2 Å². The summed E-state index contributed by atoms with van der Waals surface area (Å²) in [6.45, 7) is 8.26. The van der Waals surface area contributed by atoms with E-state index in [-0.39, 0.29) is 89.0 Å². The molecule has 0 aromatic carbocycles. The van der Waals surface area contributed by atoms with Gasteiger partial charge in [0.25, 0.3) is 0 Å². The molecule has 8 heteroatoms. The van der Waals surface area contributed by atoms with Crippen molar-refractivity contribution < 1.29 is 89.4 Å². The maximum absolute atomic E-state index is 10.3. The Labute approximate surface area is 195 Å². The van der Waals surface area contributed by atoms with Gasteiger partial charge in [0.05, 0.1) is 6.29 Å². The second-order valence-corrected chi connectivity index (χ2v) is 4.08. The largest absolute Gasteiger partial charge is 0.541 e. The van der Waals surface area contributed by atoms with Gasteiger partial charge in [0.15, 0.2) is 0 Å². The Kier molecular flexibility index (Phi) is 45.8. The van der Waals surface area contributed by atoms with Crippen LogP contribution in [0.1, 0.15) is 47.0 Å². The number of Topliss-reactive ketones (excluding diaryl/α,β-unsaturated/α-hetero) is 2. The third-order valence-electron chi connectivity index (χ3n) is 2.06. The second-order valence-electron chi connectivity index (χ2n) is 4.08. The molecular weight excluding hydrogens is 464 g/mol. The fourth-order valence-corrected chi connectivity index (χ4v) is 1.06. The first-order chi connectivity index (χ1) is 10.4. The van der Waals surface area contributed by atoms with E-state index in [0.717, 1.165) is 6.29 Å². The molecule has 0 spiro atoms. The van der Waals surface area contributed by atoms with E-state index in [4.69, 9.17) is 4.79 Å². The molecule has 0 aromatic heterocycles. The Morgan fingerprint density at radius 2 is 1.46 bits per heavy atom. The quantitative estimate of drug-likeness (QED) is 0.210. The minimum absolute atomic E-state index is 0. The van der Waals surface area contributed by atoms with Crippen molar-refractivity contribution in [3.05, 3.63) is 11.6 Å². The molecule has 1 aliphatic heterocycles. The number of hydrogen-bond donors (Lipinski definition) is 1. The van der Waals surface area contributed by atoms with Crippen molar-refractivity contribution in [1.82, 2.24) is 5.32 Å². The van der Waals surface area contributed by atoms with E-state index in [9.17, 15) is 19.2 Å². The van der Waals surface area contributed by atoms with Crippen LogP contribution in [0.2, 0.25) is 0 Å². The van der Waals surface area contributed by atoms with Crippen LogP contribution >= 0.6 is 0 Å². The first kappa shape index (κ1) is 35.4. The van der Waals surface area contributed by atoms with Crippen LogP contribution in [0.5, 0.6) is 0 Å². The van der Waals surface area contributed by atoms with Gasteiger partial charge >= 0.3 is 0 Å². The average Bonchev–Trinajstić information content (AvgIpc) is 3.00. The third-order valence-corrected chi connectivity index (χ3v) is 2.06. The predicted molar refractivity (Wildman–Crippen MR) is 85.0 cm³/mol. The molecule has 0 bridgehead atoms. The molecule has 0 amide bonds. The summed E-state index contributed by atoms with van der Waals surface area (Å²) in [5.41, 5.74) is 0.116. The molecule has 0 unspecified atom stereocenters. The van der Waals surface area contributed by atoms with Crippen molar-refractivity contribution in [2.24, 2.45) is 0 Å². The van der Waals surface area contributed by atoms with Crippen LogP contribution in [0.4, 0.5) is 0 Å². The molecule has 1 fully saturated rings. The van der Waals surface area contributed by atoms with Crippen LogP contribution in [-0.4, -0.2) is 43.5 Å². The summed E-state index contributed by atoms with van der Waals surface area (Å²) in [4.78, 5) is 47.9. The van der Waals surface area contributed by atoms with Gasteiger partial charge in [-0.2, -0.15) is 6.08 Å². The van der Waals surface area contributed by atoms with E-state index < -0.39 is 0 Å². The molecule has 132 valence electrons. The number of hydrogen-bond acceptors (Lipinski definition) is 6. The van der Waals surface area contributed by atoms with Crippen LogP contribution in [0, 0.1) is 0 Å². The van der Waals surface area contributed by atoms with Crippen LogP contribution in [-0.2, 0) is 89.4 Å². The van der Waals surface area contributed by atoms with Crippen molar-refractivity contribution in [2.45, 2.75) is 47.0 Å². The fraction of sp³-hybridized carbons (Fsp3) is 0.562. The van der Waals surface area contributed by atoms with Crippen LogP contribution in [0.15, 0.2) is 11.6 Å². The van der Waals surface area contributed by atoms with Gasteiger partial charge in [-0.3, -0.25) is 6.29 Å². The molecule has 0 aliphatic carbocycles. The normalized spacial score (nSPS) is 11.1. The van der Waals surface area contributed by atoms with Gasteiger partial charge in [0.1, 0.15) is 12.1 Å². The maximum atomic E-state index is 10.3. The molecule has 1 rings (SSSR count). The minimum Gasteiger partial charge on any atom is -0.541 e. The van der Waals surface area contributed by atoms with E-state index in [1.165, 1.54) is 65.4 Å². The number of ketones is 2. The monoisotopic (exact) mass is 489 g/mol. The molecule has 6 nitrogen and oxygen atoms in total. The standard InChI is InChI=1S/C6H7O2.C4H9N.C4H5O2.C2H4O.2Y/c1-3-6(4-7)5(2)8;1-2-4-5-3-1;1-4(6)2-3-5;1-2-3;;/h3H,1-2H3;5H,1-4H2;2H2,1H3;2H,1H3;;/q-1;;-1;;;/b6-3+;;;;;. The molecule has 1 heterocycles. The third kappa shape index (κ3) is 38.1. The van der Waals surface area contributed by atoms with E-state index in [1.807, 2.05) is 0 Å². The van der Waals surface area contributed by atoms with E-state index in [0.29, 0.717) is 0 Å². The number of nitrogens with one attached hydrogen (secondary N) is 1. The molecule has 1 aliphatic rings. The zero-order chi connectivity index (χ0) is 17.8. The van der Waals surface area contributed by atoms with Gasteiger partial charge in [-0.1, -0.05) is 13.3 Å². The van der Waals surface area contributed by atoms with Crippen LogP contribution in [0.25, 0.3) is 0 Å². The molecule has 0 atom stereocenters. The molecule has 0 saturated carbocycles. The summed E-state index contributed by atoms with van der Waals surface area (Å²) in [6, 6.07) is 0. The van der Waals surface area contributed by atoms with Crippen LogP contribution < -0.4 is 5.32 Å². The Balaban J connectivity index is -0.0000000680.